The number of aliphatic hydroxyl groups excluding tert-OH is 1. The minimum absolute atomic E-state index is 0.205. The number of hydrogen-bond acceptors (Lipinski definition) is 4. The van der Waals surface area contributed by atoms with Gasteiger partial charge in [-0.2, -0.15) is 0 Å². The van der Waals surface area contributed by atoms with E-state index in [0.717, 1.165) is 44.6 Å². The minimum Gasteiger partial charge on any atom is -0.445 e. The fourth-order valence-electron chi connectivity index (χ4n) is 3.51. The van der Waals surface area contributed by atoms with E-state index in [2.05, 4.69) is 4.90 Å². The maximum absolute atomic E-state index is 12.3. The molecule has 1 atom stereocenters. The molecule has 1 N–H and O–H groups in total. The quantitative estimate of drug-likeness (QED) is 0.833. The molecule has 1 saturated carbocycles. The average molecular weight is 332 g/mol. The summed E-state index contributed by atoms with van der Waals surface area (Å²) in [4.78, 5) is 16.6. The number of ether oxygens (including phenoxy) is 1. The molecule has 1 heterocycles. The largest absolute Gasteiger partial charge is 0.445 e. The van der Waals surface area contributed by atoms with Gasteiger partial charge in [0.05, 0.1) is 6.61 Å². The van der Waals surface area contributed by atoms with Gasteiger partial charge in [0.1, 0.15) is 6.61 Å². The summed E-state index contributed by atoms with van der Waals surface area (Å²) in [6.07, 6.45) is 4.47. The molecule has 0 unspecified atom stereocenters. The molecule has 0 spiro atoms. The van der Waals surface area contributed by atoms with Crippen molar-refractivity contribution in [2.24, 2.45) is 5.92 Å². The van der Waals surface area contributed by atoms with E-state index < -0.39 is 0 Å². The Balaban J connectivity index is 1.46. The van der Waals surface area contributed by atoms with Crippen LogP contribution in [0, 0.1) is 5.92 Å². The lowest BCUT2D eigenvalue weighted by Gasteiger charge is -2.35. The second kappa shape index (κ2) is 8.49. The summed E-state index contributed by atoms with van der Waals surface area (Å²) in [5, 5.41) is 9.24. The zero-order valence-electron chi connectivity index (χ0n) is 14.3. The molecular formula is C19H28N2O3. The van der Waals surface area contributed by atoms with Gasteiger partial charge < -0.3 is 14.7 Å². The van der Waals surface area contributed by atoms with Crippen LogP contribution < -0.4 is 0 Å². The molecular weight excluding hydrogens is 304 g/mol. The molecule has 0 bridgehead atoms. The Bertz CT molecular complexity index is 519. The van der Waals surface area contributed by atoms with Gasteiger partial charge in [-0.1, -0.05) is 30.3 Å². The molecule has 1 aliphatic heterocycles. The molecule has 132 valence electrons. The van der Waals surface area contributed by atoms with Gasteiger partial charge in [-0.25, -0.2) is 4.79 Å². The van der Waals surface area contributed by atoms with Crippen molar-refractivity contribution < 1.29 is 14.6 Å². The smallest absolute Gasteiger partial charge is 0.410 e. The van der Waals surface area contributed by atoms with Crippen molar-refractivity contribution in [1.82, 2.24) is 9.80 Å². The lowest BCUT2D eigenvalue weighted by molar-refractivity contribution is 0.0694. The lowest BCUT2D eigenvalue weighted by atomic mass is 9.97. The SMILES string of the molecule is O=C(OCc1ccccc1)N1CCC[C@H](CN(CCO)C2CC2)C1. The fourth-order valence-corrected chi connectivity index (χ4v) is 3.51. The van der Waals surface area contributed by atoms with Crippen LogP contribution in [0.15, 0.2) is 30.3 Å². The monoisotopic (exact) mass is 332 g/mol. The molecule has 5 nitrogen and oxygen atoms in total. The Kier molecular flexibility index (Phi) is 6.10. The molecule has 2 aliphatic rings. The topological polar surface area (TPSA) is 53.0 Å². The number of rotatable bonds is 7. The van der Waals surface area contributed by atoms with Crippen molar-refractivity contribution in [3.63, 3.8) is 0 Å². The molecule has 1 amide bonds. The number of hydrogen-bond donors (Lipinski definition) is 1. The first-order chi connectivity index (χ1) is 11.8. The summed E-state index contributed by atoms with van der Waals surface area (Å²) >= 11 is 0. The normalized spacial score (nSPS) is 21.1. The van der Waals surface area contributed by atoms with E-state index in [4.69, 9.17) is 4.74 Å². The summed E-state index contributed by atoms with van der Waals surface area (Å²) in [7, 11) is 0. The number of amides is 1. The van der Waals surface area contributed by atoms with Crippen LogP contribution in [0.1, 0.15) is 31.2 Å². The van der Waals surface area contributed by atoms with Crippen LogP contribution in [-0.2, 0) is 11.3 Å². The summed E-state index contributed by atoms with van der Waals surface area (Å²) in [5.74, 6) is 0.482. The highest BCUT2D eigenvalue weighted by atomic mass is 16.6. The van der Waals surface area contributed by atoms with E-state index in [0.29, 0.717) is 18.6 Å². The molecule has 24 heavy (non-hydrogen) atoms. The molecule has 3 rings (SSSR count). The number of carbonyl (C=O) groups excluding carboxylic acids is 1. The Morgan fingerprint density at radius 1 is 1.25 bits per heavy atom. The first kappa shape index (κ1) is 17.2. The number of benzene rings is 1. The van der Waals surface area contributed by atoms with Crippen LogP contribution in [0.25, 0.3) is 0 Å². The van der Waals surface area contributed by atoms with Crippen LogP contribution in [0.5, 0.6) is 0 Å². The van der Waals surface area contributed by atoms with E-state index in [1.807, 2.05) is 35.2 Å². The first-order valence-electron chi connectivity index (χ1n) is 9.07. The van der Waals surface area contributed by atoms with Crippen molar-refractivity contribution in [3.05, 3.63) is 35.9 Å². The van der Waals surface area contributed by atoms with Gasteiger partial charge in [-0.3, -0.25) is 4.90 Å². The molecule has 0 aromatic heterocycles. The highest BCUT2D eigenvalue weighted by molar-refractivity contribution is 5.67. The minimum atomic E-state index is -0.205. The highest BCUT2D eigenvalue weighted by Gasteiger charge is 2.32. The second-order valence-corrected chi connectivity index (χ2v) is 6.94. The molecule has 1 aliphatic carbocycles. The fraction of sp³-hybridized carbons (Fsp3) is 0.632. The Morgan fingerprint density at radius 3 is 2.75 bits per heavy atom. The molecule has 0 radical (unpaired) electrons. The van der Waals surface area contributed by atoms with Crippen LogP contribution in [0.4, 0.5) is 4.79 Å². The summed E-state index contributed by atoms with van der Waals surface area (Å²) in [6, 6.07) is 10.4. The van der Waals surface area contributed by atoms with E-state index in [1.54, 1.807) is 0 Å². The Hall–Kier alpha value is -1.59. The van der Waals surface area contributed by atoms with Gasteiger partial charge in [0.15, 0.2) is 0 Å². The van der Waals surface area contributed by atoms with E-state index in [-0.39, 0.29) is 12.7 Å². The molecule has 1 aromatic rings. The van der Waals surface area contributed by atoms with Crippen LogP contribution in [-0.4, -0.2) is 59.8 Å². The van der Waals surface area contributed by atoms with Gasteiger partial charge in [0, 0.05) is 32.2 Å². The van der Waals surface area contributed by atoms with Gasteiger partial charge in [0.2, 0.25) is 0 Å². The predicted molar refractivity (Wildman–Crippen MR) is 92.6 cm³/mol. The summed E-state index contributed by atoms with van der Waals surface area (Å²) < 4.78 is 5.46. The van der Waals surface area contributed by atoms with Crippen LogP contribution in [0.3, 0.4) is 0 Å². The number of likely N-dealkylation sites (tertiary alicyclic amines) is 1. The highest BCUT2D eigenvalue weighted by Crippen LogP contribution is 2.29. The summed E-state index contributed by atoms with van der Waals surface area (Å²) in [6.45, 7) is 3.83. The van der Waals surface area contributed by atoms with Crippen molar-refractivity contribution in [2.75, 3.05) is 32.8 Å². The first-order valence-corrected chi connectivity index (χ1v) is 9.07. The van der Waals surface area contributed by atoms with Gasteiger partial charge in [-0.05, 0) is 37.2 Å². The molecule has 1 saturated heterocycles. The summed E-state index contributed by atoms with van der Waals surface area (Å²) in [5.41, 5.74) is 1.02. The molecule has 2 fully saturated rings. The number of carbonyl (C=O) groups is 1. The number of nitrogens with zero attached hydrogens (tertiary/aromatic N) is 2. The number of aliphatic hydroxyl groups is 1. The zero-order chi connectivity index (χ0) is 16.8. The maximum Gasteiger partial charge on any atom is 0.410 e. The second-order valence-electron chi connectivity index (χ2n) is 6.94. The van der Waals surface area contributed by atoms with Gasteiger partial charge in [0.25, 0.3) is 0 Å². The van der Waals surface area contributed by atoms with Crippen molar-refractivity contribution in [3.8, 4) is 0 Å². The maximum atomic E-state index is 12.3. The van der Waals surface area contributed by atoms with Crippen LogP contribution >= 0.6 is 0 Å². The standard InChI is InChI=1S/C19H28N2O3/c22-12-11-20(18-8-9-18)13-17-7-4-10-21(14-17)19(23)24-15-16-5-2-1-3-6-16/h1-3,5-6,17-18,22H,4,7-15H2/t17-/m1/s1. The Labute approximate surface area is 144 Å². The predicted octanol–water partition coefficient (Wildman–Crippen LogP) is 2.49. The van der Waals surface area contributed by atoms with E-state index >= 15 is 0 Å². The molecule has 5 heteroatoms. The molecule has 1 aromatic carbocycles. The average Bonchev–Trinajstić information content (AvgIpc) is 3.45. The zero-order valence-corrected chi connectivity index (χ0v) is 14.3. The third-order valence-corrected chi connectivity index (χ3v) is 4.93. The van der Waals surface area contributed by atoms with Gasteiger partial charge >= 0.3 is 6.09 Å². The number of piperidine rings is 1. The van der Waals surface area contributed by atoms with Crippen molar-refractivity contribution in [2.45, 2.75) is 38.3 Å². The van der Waals surface area contributed by atoms with E-state index in [1.165, 1.54) is 12.8 Å². The Morgan fingerprint density at radius 2 is 2.04 bits per heavy atom. The van der Waals surface area contributed by atoms with Crippen molar-refractivity contribution >= 4 is 6.09 Å². The van der Waals surface area contributed by atoms with Gasteiger partial charge in [-0.15, -0.1) is 0 Å². The van der Waals surface area contributed by atoms with Crippen LogP contribution in [0.2, 0.25) is 0 Å². The lowest BCUT2D eigenvalue weighted by Crippen LogP contribution is -2.44. The third-order valence-electron chi connectivity index (χ3n) is 4.93. The van der Waals surface area contributed by atoms with E-state index in [9.17, 15) is 9.90 Å². The van der Waals surface area contributed by atoms with Crippen molar-refractivity contribution in [1.29, 1.82) is 0 Å². The third kappa shape index (κ3) is 4.95.